The van der Waals surface area contributed by atoms with Crippen molar-refractivity contribution in [2.24, 2.45) is 0 Å². The molecule has 1 aromatic carbocycles. The Bertz CT molecular complexity index is 638. The molecular formula is C17H21BrN2O3. The molecule has 0 saturated heterocycles. The molecule has 2 rings (SSSR count). The van der Waals surface area contributed by atoms with Crippen LogP contribution in [0.1, 0.15) is 17.6 Å². The fourth-order valence-corrected chi connectivity index (χ4v) is 2.38. The number of furan rings is 1. The average molecular weight is 381 g/mol. The molecule has 1 aromatic heterocycles. The first-order valence-electron chi connectivity index (χ1n) is 7.33. The highest BCUT2D eigenvalue weighted by atomic mass is 79.9. The van der Waals surface area contributed by atoms with E-state index in [-0.39, 0.29) is 18.6 Å². The highest BCUT2D eigenvalue weighted by Crippen LogP contribution is 2.20. The predicted octanol–water partition coefficient (Wildman–Crippen LogP) is 3.15. The van der Waals surface area contributed by atoms with Crippen LogP contribution in [0.15, 0.2) is 45.3 Å². The summed E-state index contributed by atoms with van der Waals surface area (Å²) >= 11 is 3.36. The maximum absolute atomic E-state index is 12.0. The molecule has 1 heterocycles. The van der Waals surface area contributed by atoms with Gasteiger partial charge in [-0.15, -0.1) is 0 Å². The van der Waals surface area contributed by atoms with E-state index in [1.165, 1.54) is 0 Å². The molecule has 1 N–H and O–H groups in total. The van der Waals surface area contributed by atoms with Gasteiger partial charge in [0.05, 0.1) is 6.04 Å². The number of nitrogens with one attached hydrogen (secondary N) is 1. The topological polar surface area (TPSA) is 54.7 Å². The van der Waals surface area contributed by atoms with E-state index in [0.29, 0.717) is 12.3 Å². The number of carbonyl (C=O) groups excluding carboxylic acids is 1. The molecule has 0 spiro atoms. The van der Waals surface area contributed by atoms with Crippen molar-refractivity contribution in [3.63, 3.8) is 0 Å². The van der Waals surface area contributed by atoms with Gasteiger partial charge < -0.3 is 14.5 Å². The van der Waals surface area contributed by atoms with Gasteiger partial charge in [0.2, 0.25) is 0 Å². The Balaban J connectivity index is 1.83. The molecule has 2 aromatic rings. The van der Waals surface area contributed by atoms with Crippen LogP contribution in [0.5, 0.6) is 5.75 Å². The van der Waals surface area contributed by atoms with Gasteiger partial charge in [-0.25, -0.2) is 0 Å². The molecule has 23 heavy (non-hydrogen) atoms. The first kappa shape index (κ1) is 17.6. The van der Waals surface area contributed by atoms with Gasteiger partial charge in [0.25, 0.3) is 5.91 Å². The zero-order chi connectivity index (χ0) is 16.8. The molecule has 1 atom stereocenters. The number of ether oxygens (including phenoxy) is 1. The van der Waals surface area contributed by atoms with Gasteiger partial charge in [-0.1, -0.05) is 15.9 Å². The van der Waals surface area contributed by atoms with Crippen LogP contribution in [-0.4, -0.2) is 38.1 Å². The normalized spacial score (nSPS) is 12.2. The van der Waals surface area contributed by atoms with Crippen LogP contribution in [0, 0.1) is 6.92 Å². The van der Waals surface area contributed by atoms with Crippen molar-refractivity contribution < 1.29 is 13.9 Å². The summed E-state index contributed by atoms with van der Waals surface area (Å²) in [7, 11) is 3.90. The summed E-state index contributed by atoms with van der Waals surface area (Å²) in [6, 6.07) is 11.2. The summed E-state index contributed by atoms with van der Waals surface area (Å²) in [4.78, 5) is 14.0. The minimum atomic E-state index is -0.164. The monoisotopic (exact) mass is 380 g/mol. The largest absolute Gasteiger partial charge is 0.484 e. The van der Waals surface area contributed by atoms with E-state index in [0.717, 1.165) is 16.0 Å². The summed E-state index contributed by atoms with van der Waals surface area (Å²) in [5.74, 6) is 2.19. The summed E-state index contributed by atoms with van der Waals surface area (Å²) in [6.07, 6.45) is 0. The van der Waals surface area contributed by atoms with Gasteiger partial charge in [0.15, 0.2) is 6.61 Å². The second-order valence-electron chi connectivity index (χ2n) is 5.47. The van der Waals surface area contributed by atoms with E-state index >= 15 is 0 Å². The maximum Gasteiger partial charge on any atom is 0.258 e. The number of hydrogen-bond acceptors (Lipinski definition) is 4. The number of amides is 1. The van der Waals surface area contributed by atoms with Crippen LogP contribution >= 0.6 is 15.9 Å². The van der Waals surface area contributed by atoms with Crippen LogP contribution < -0.4 is 10.1 Å². The zero-order valence-electron chi connectivity index (χ0n) is 13.5. The highest BCUT2D eigenvalue weighted by molar-refractivity contribution is 9.10. The average Bonchev–Trinajstić information content (AvgIpc) is 2.93. The van der Waals surface area contributed by atoms with Crippen molar-refractivity contribution in [3.8, 4) is 5.75 Å². The predicted molar refractivity (Wildman–Crippen MR) is 92.5 cm³/mol. The van der Waals surface area contributed by atoms with Gasteiger partial charge in [-0.3, -0.25) is 9.69 Å². The third-order valence-electron chi connectivity index (χ3n) is 3.39. The Labute approximate surface area is 144 Å². The standard InChI is InChI=1S/C17H21BrN2O3/c1-12-4-9-16(23-12)15(20(2)3)10-19-17(21)11-22-14-7-5-13(18)6-8-14/h4-9,15H,10-11H2,1-3H3,(H,19,21)/t15-/m0/s1. The lowest BCUT2D eigenvalue weighted by Gasteiger charge is -2.22. The summed E-state index contributed by atoms with van der Waals surface area (Å²) < 4.78 is 12.1. The lowest BCUT2D eigenvalue weighted by molar-refractivity contribution is -0.123. The number of benzene rings is 1. The Morgan fingerprint density at radius 1 is 1.26 bits per heavy atom. The van der Waals surface area contributed by atoms with Crippen LogP contribution in [0.3, 0.4) is 0 Å². The molecule has 124 valence electrons. The number of aryl methyl sites for hydroxylation is 1. The van der Waals surface area contributed by atoms with Crippen molar-refractivity contribution in [3.05, 3.63) is 52.4 Å². The van der Waals surface area contributed by atoms with Gasteiger partial charge in [-0.05, 0) is 57.4 Å². The Hall–Kier alpha value is -1.79. The number of likely N-dealkylation sites (N-methyl/N-ethyl adjacent to an activating group) is 1. The molecule has 0 unspecified atom stereocenters. The van der Waals surface area contributed by atoms with Crippen molar-refractivity contribution >= 4 is 21.8 Å². The fraction of sp³-hybridized carbons (Fsp3) is 0.353. The zero-order valence-corrected chi connectivity index (χ0v) is 15.1. The van der Waals surface area contributed by atoms with Crippen molar-refractivity contribution in [1.82, 2.24) is 10.2 Å². The Morgan fingerprint density at radius 3 is 2.52 bits per heavy atom. The van der Waals surface area contributed by atoms with Gasteiger partial charge in [0.1, 0.15) is 17.3 Å². The molecular weight excluding hydrogens is 360 g/mol. The minimum absolute atomic E-state index is 0.0136. The minimum Gasteiger partial charge on any atom is -0.484 e. The molecule has 0 aliphatic carbocycles. The first-order valence-corrected chi connectivity index (χ1v) is 8.13. The number of rotatable bonds is 7. The lowest BCUT2D eigenvalue weighted by atomic mass is 10.2. The number of halogens is 1. The van der Waals surface area contributed by atoms with Crippen LogP contribution in [0.2, 0.25) is 0 Å². The molecule has 5 nitrogen and oxygen atoms in total. The molecule has 1 amide bonds. The molecule has 0 saturated carbocycles. The molecule has 0 bridgehead atoms. The molecule has 6 heteroatoms. The smallest absolute Gasteiger partial charge is 0.258 e. The van der Waals surface area contributed by atoms with E-state index in [1.807, 2.05) is 62.3 Å². The Morgan fingerprint density at radius 2 is 1.96 bits per heavy atom. The molecule has 0 fully saturated rings. The van der Waals surface area contributed by atoms with Crippen LogP contribution in [0.4, 0.5) is 0 Å². The van der Waals surface area contributed by atoms with E-state index < -0.39 is 0 Å². The highest BCUT2D eigenvalue weighted by Gasteiger charge is 2.18. The summed E-state index contributed by atoms with van der Waals surface area (Å²) in [5, 5.41) is 2.88. The summed E-state index contributed by atoms with van der Waals surface area (Å²) in [6.45, 7) is 2.35. The number of carbonyl (C=O) groups is 1. The van der Waals surface area contributed by atoms with E-state index in [1.54, 1.807) is 0 Å². The maximum atomic E-state index is 12.0. The SMILES string of the molecule is Cc1ccc([C@H](CNC(=O)COc2ccc(Br)cc2)N(C)C)o1. The Kier molecular flexibility index (Phi) is 6.24. The quantitative estimate of drug-likeness (QED) is 0.801. The van der Waals surface area contributed by atoms with Gasteiger partial charge >= 0.3 is 0 Å². The van der Waals surface area contributed by atoms with Crippen molar-refractivity contribution in [2.75, 3.05) is 27.2 Å². The second-order valence-corrected chi connectivity index (χ2v) is 6.39. The summed E-state index contributed by atoms with van der Waals surface area (Å²) in [5.41, 5.74) is 0. The van der Waals surface area contributed by atoms with Crippen molar-refractivity contribution in [1.29, 1.82) is 0 Å². The number of nitrogens with zero attached hydrogens (tertiary/aromatic N) is 1. The lowest BCUT2D eigenvalue weighted by Crippen LogP contribution is -2.36. The van der Waals surface area contributed by atoms with E-state index in [2.05, 4.69) is 21.2 Å². The number of hydrogen-bond donors (Lipinski definition) is 1. The first-order chi connectivity index (χ1) is 11.0. The molecule has 0 radical (unpaired) electrons. The van der Waals surface area contributed by atoms with Crippen LogP contribution in [0.25, 0.3) is 0 Å². The van der Waals surface area contributed by atoms with Crippen LogP contribution in [-0.2, 0) is 4.79 Å². The van der Waals surface area contributed by atoms with Gasteiger partial charge in [0, 0.05) is 11.0 Å². The van der Waals surface area contributed by atoms with E-state index in [9.17, 15) is 4.79 Å². The second kappa shape index (κ2) is 8.17. The third kappa shape index (κ3) is 5.41. The van der Waals surface area contributed by atoms with E-state index in [4.69, 9.17) is 9.15 Å². The fourth-order valence-electron chi connectivity index (χ4n) is 2.11. The molecule has 0 aliphatic heterocycles. The van der Waals surface area contributed by atoms with Gasteiger partial charge in [-0.2, -0.15) is 0 Å². The third-order valence-corrected chi connectivity index (χ3v) is 3.92. The molecule has 0 aliphatic rings. The van der Waals surface area contributed by atoms with Crippen molar-refractivity contribution in [2.45, 2.75) is 13.0 Å².